The summed E-state index contributed by atoms with van der Waals surface area (Å²) < 4.78 is 32.7. The molecule has 0 bridgehead atoms. The first-order valence-corrected chi connectivity index (χ1v) is 10.00. The fourth-order valence-corrected chi connectivity index (χ4v) is 5.12. The number of carbonyl (C=O) groups is 1. The minimum absolute atomic E-state index is 0.0511. The van der Waals surface area contributed by atoms with Crippen molar-refractivity contribution < 1.29 is 17.9 Å². The molecule has 1 amide bonds. The minimum atomic E-state index is -3.34. The van der Waals surface area contributed by atoms with Gasteiger partial charge in [-0.15, -0.1) is 0 Å². The van der Waals surface area contributed by atoms with Crippen LogP contribution in [0.4, 0.5) is 11.4 Å². The number of fused-ring (bicyclic) bond motifs is 1. The van der Waals surface area contributed by atoms with E-state index in [2.05, 4.69) is 4.72 Å². The number of hydrogen-bond donors (Lipinski definition) is 1. The zero-order valence-electron chi connectivity index (χ0n) is 14.0. The average molecular weight is 352 g/mol. The van der Waals surface area contributed by atoms with Crippen LogP contribution in [-0.4, -0.2) is 39.8 Å². The number of rotatable bonds is 5. The molecule has 0 saturated heterocycles. The summed E-state index contributed by atoms with van der Waals surface area (Å²) in [6, 6.07) is 5.39. The number of methoxy groups -OCH3 is 1. The van der Waals surface area contributed by atoms with Crippen LogP contribution in [0.5, 0.6) is 0 Å². The summed E-state index contributed by atoms with van der Waals surface area (Å²) in [5.41, 5.74) is 2.42. The van der Waals surface area contributed by atoms with Crippen LogP contribution in [0.2, 0.25) is 0 Å². The van der Waals surface area contributed by atoms with Crippen LogP contribution in [-0.2, 0) is 26.0 Å². The van der Waals surface area contributed by atoms with Crippen molar-refractivity contribution in [2.45, 2.75) is 43.8 Å². The molecule has 24 heavy (non-hydrogen) atoms. The maximum atomic E-state index is 12.5. The Labute approximate surface area is 143 Å². The molecule has 7 heteroatoms. The Balaban J connectivity index is 1.74. The van der Waals surface area contributed by atoms with Crippen molar-refractivity contribution in [3.8, 4) is 0 Å². The Kier molecular flexibility index (Phi) is 5.10. The third-order valence-corrected chi connectivity index (χ3v) is 6.66. The van der Waals surface area contributed by atoms with Crippen LogP contribution in [0.1, 0.15) is 37.7 Å². The molecule has 1 fully saturated rings. The molecule has 0 radical (unpaired) electrons. The number of sulfonamides is 1. The second kappa shape index (κ2) is 7.11. The molecule has 0 unspecified atom stereocenters. The van der Waals surface area contributed by atoms with Crippen LogP contribution in [0, 0.1) is 0 Å². The molecule has 1 aromatic rings. The van der Waals surface area contributed by atoms with Crippen molar-refractivity contribution in [2.24, 2.45) is 0 Å². The van der Waals surface area contributed by atoms with Crippen molar-refractivity contribution in [1.29, 1.82) is 0 Å². The highest BCUT2D eigenvalue weighted by atomic mass is 32.2. The fourth-order valence-electron chi connectivity index (χ4n) is 3.55. The second-order valence-electron chi connectivity index (χ2n) is 6.48. The van der Waals surface area contributed by atoms with Crippen molar-refractivity contribution >= 4 is 27.3 Å². The van der Waals surface area contributed by atoms with Crippen molar-refractivity contribution in [1.82, 2.24) is 0 Å². The van der Waals surface area contributed by atoms with Crippen LogP contribution in [0.15, 0.2) is 18.2 Å². The SMILES string of the molecule is COCC(=O)N1CCc2cc(NS(=O)(=O)C3CCCCC3)ccc21. The van der Waals surface area contributed by atoms with Crippen LogP contribution in [0.25, 0.3) is 0 Å². The van der Waals surface area contributed by atoms with Gasteiger partial charge < -0.3 is 9.64 Å². The van der Waals surface area contributed by atoms with Gasteiger partial charge in [-0.2, -0.15) is 0 Å². The molecule has 1 aliphatic heterocycles. The molecule has 3 rings (SSSR count). The van der Waals surface area contributed by atoms with Gasteiger partial charge in [0.05, 0.1) is 5.25 Å². The number of anilines is 2. The Morgan fingerprint density at radius 1 is 1.29 bits per heavy atom. The van der Waals surface area contributed by atoms with Gasteiger partial charge in [-0.3, -0.25) is 9.52 Å². The van der Waals surface area contributed by atoms with Gasteiger partial charge in [0.15, 0.2) is 0 Å². The Hall–Kier alpha value is -1.60. The van der Waals surface area contributed by atoms with Crippen molar-refractivity contribution in [3.05, 3.63) is 23.8 Å². The highest BCUT2D eigenvalue weighted by molar-refractivity contribution is 7.93. The first-order valence-electron chi connectivity index (χ1n) is 8.45. The first kappa shape index (κ1) is 17.2. The summed E-state index contributed by atoms with van der Waals surface area (Å²) >= 11 is 0. The van der Waals surface area contributed by atoms with E-state index in [1.54, 1.807) is 11.0 Å². The summed E-state index contributed by atoms with van der Waals surface area (Å²) in [5, 5.41) is -0.292. The minimum Gasteiger partial charge on any atom is -0.375 e. The summed E-state index contributed by atoms with van der Waals surface area (Å²) in [4.78, 5) is 13.7. The van der Waals surface area contributed by atoms with Gasteiger partial charge in [0.25, 0.3) is 5.91 Å². The molecule has 0 atom stereocenters. The summed E-state index contributed by atoms with van der Waals surface area (Å²) in [6.45, 7) is 0.659. The van der Waals surface area contributed by atoms with Crippen LogP contribution in [0.3, 0.4) is 0 Å². The smallest absolute Gasteiger partial charge is 0.252 e. The monoisotopic (exact) mass is 352 g/mol. The predicted molar refractivity (Wildman–Crippen MR) is 93.8 cm³/mol. The Bertz CT molecular complexity index is 711. The molecule has 0 aromatic heterocycles. The van der Waals surface area contributed by atoms with E-state index in [1.165, 1.54) is 7.11 Å². The largest absolute Gasteiger partial charge is 0.375 e. The van der Waals surface area contributed by atoms with Gasteiger partial charge in [-0.05, 0) is 43.0 Å². The van der Waals surface area contributed by atoms with E-state index in [-0.39, 0.29) is 17.8 Å². The Morgan fingerprint density at radius 3 is 2.75 bits per heavy atom. The van der Waals surface area contributed by atoms with Gasteiger partial charge in [0.1, 0.15) is 6.61 Å². The zero-order chi connectivity index (χ0) is 17.2. The lowest BCUT2D eigenvalue weighted by Crippen LogP contribution is -2.32. The van der Waals surface area contributed by atoms with Crippen molar-refractivity contribution in [3.63, 3.8) is 0 Å². The first-order chi connectivity index (χ1) is 11.5. The number of carbonyl (C=O) groups excluding carboxylic acids is 1. The van der Waals surface area contributed by atoms with Gasteiger partial charge in [-0.1, -0.05) is 19.3 Å². The van der Waals surface area contributed by atoms with Crippen molar-refractivity contribution in [2.75, 3.05) is 29.9 Å². The molecular formula is C17H24N2O4S. The van der Waals surface area contributed by atoms with Crippen LogP contribution < -0.4 is 9.62 Å². The molecule has 0 spiro atoms. The summed E-state index contributed by atoms with van der Waals surface area (Å²) in [7, 11) is -1.84. The second-order valence-corrected chi connectivity index (χ2v) is 8.44. The van der Waals surface area contributed by atoms with Gasteiger partial charge in [-0.25, -0.2) is 8.42 Å². The Morgan fingerprint density at radius 2 is 2.04 bits per heavy atom. The lowest BCUT2D eigenvalue weighted by Gasteiger charge is -2.22. The van der Waals surface area contributed by atoms with E-state index < -0.39 is 10.0 Å². The number of hydrogen-bond acceptors (Lipinski definition) is 4. The standard InChI is InChI=1S/C17H24N2O4S/c1-23-12-17(20)19-10-9-13-11-14(7-8-16(13)19)18-24(21,22)15-5-3-2-4-6-15/h7-8,11,15,18H,2-6,9-10,12H2,1H3. The van der Waals surface area contributed by atoms with Gasteiger partial charge in [0.2, 0.25) is 10.0 Å². The maximum Gasteiger partial charge on any atom is 0.252 e. The molecule has 1 N–H and O–H groups in total. The van der Waals surface area contributed by atoms with E-state index in [0.717, 1.165) is 49.8 Å². The molecule has 2 aliphatic rings. The summed E-state index contributed by atoms with van der Waals surface area (Å²) in [6.07, 6.45) is 5.28. The van der Waals surface area contributed by atoms with Gasteiger partial charge in [0, 0.05) is 25.0 Å². The average Bonchev–Trinajstić information content (AvgIpc) is 2.99. The number of nitrogens with zero attached hydrogens (tertiary/aromatic N) is 1. The van der Waals surface area contributed by atoms with E-state index in [1.807, 2.05) is 12.1 Å². The third kappa shape index (κ3) is 3.57. The third-order valence-electron chi connectivity index (χ3n) is 4.80. The number of ether oxygens (including phenoxy) is 1. The quantitative estimate of drug-likeness (QED) is 0.882. The molecule has 1 aromatic carbocycles. The fraction of sp³-hybridized carbons (Fsp3) is 0.588. The number of nitrogens with one attached hydrogen (secondary N) is 1. The maximum absolute atomic E-state index is 12.5. The van der Waals surface area contributed by atoms with E-state index in [4.69, 9.17) is 4.74 Å². The number of benzene rings is 1. The zero-order valence-corrected chi connectivity index (χ0v) is 14.8. The lowest BCUT2D eigenvalue weighted by atomic mass is 10.0. The van der Waals surface area contributed by atoms with E-state index in [0.29, 0.717) is 12.2 Å². The predicted octanol–water partition coefficient (Wildman–Crippen LogP) is 2.30. The highest BCUT2D eigenvalue weighted by Crippen LogP contribution is 2.32. The molecule has 1 aliphatic carbocycles. The van der Waals surface area contributed by atoms with E-state index >= 15 is 0 Å². The molecule has 6 nitrogen and oxygen atoms in total. The van der Waals surface area contributed by atoms with Gasteiger partial charge >= 0.3 is 0 Å². The number of amides is 1. The van der Waals surface area contributed by atoms with E-state index in [9.17, 15) is 13.2 Å². The molecule has 1 heterocycles. The molecular weight excluding hydrogens is 328 g/mol. The lowest BCUT2D eigenvalue weighted by molar-refractivity contribution is -0.122. The van der Waals surface area contributed by atoms with Crippen LogP contribution >= 0.6 is 0 Å². The topological polar surface area (TPSA) is 75.7 Å². The highest BCUT2D eigenvalue weighted by Gasteiger charge is 2.28. The summed E-state index contributed by atoms with van der Waals surface area (Å²) in [5.74, 6) is -0.0770. The molecule has 1 saturated carbocycles. The molecule has 132 valence electrons. The normalized spacial score (nSPS) is 18.5.